The minimum atomic E-state index is -3.33. The van der Waals surface area contributed by atoms with Crippen LogP contribution in [-0.2, 0) is 10.8 Å². The van der Waals surface area contributed by atoms with Gasteiger partial charge >= 0.3 is 6.11 Å². The van der Waals surface area contributed by atoms with Crippen LogP contribution < -0.4 is 0 Å². The zero-order valence-electron chi connectivity index (χ0n) is 22.7. The lowest BCUT2D eigenvalue weighted by molar-refractivity contribution is -0.272. The van der Waals surface area contributed by atoms with Crippen LogP contribution in [0.1, 0.15) is 118 Å². The molecule has 2 saturated carbocycles. The number of alkyl halides is 2. The van der Waals surface area contributed by atoms with Gasteiger partial charge in [0.25, 0.3) is 0 Å². The number of allylic oxidation sites excluding steroid dienone is 3. The first kappa shape index (κ1) is 27.8. The van der Waals surface area contributed by atoms with Gasteiger partial charge in [0.1, 0.15) is 0 Å². The molecule has 2 aromatic rings. The minimum absolute atomic E-state index is 0.0781. The van der Waals surface area contributed by atoms with Gasteiger partial charge in [0.2, 0.25) is 0 Å². The lowest BCUT2D eigenvalue weighted by atomic mass is 9.77. The highest BCUT2D eigenvalue weighted by atomic mass is 19.3. The van der Waals surface area contributed by atoms with Gasteiger partial charge in [-0.25, -0.2) is 0 Å². The molecule has 0 heterocycles. The van der Waals surface area contributed by atoms with E-state index in [0.717, 1.165) is 42.7 Å². The van der Waals surface area contributed by atoms with Crippen LogP contribution in [0.5, 0.6) is 0 Å². The fourth-order valence-electron chi connectivity index (χ4n) is 6.32. The van der Waals surface area contributed by atoms with E-state index in [0.29, 0.717) is 17.8 Å². The Morgan fingerprint density at radius 1 is 0.865 bits per heavy atom. The molecule has 4 rings (SSSR count). The van der Waals surface area contributed by atoms with E-state index in [1.54, 1.807) is 19.1 Å². The van der Waals surface area contributed by atoms with E-state index in [1.165, 1.54) is 44.1 Å². The topological polar surface area (TPSA) is 9.23 Å². The fourth-order valence-corrected chi connectivity index (χ4v) is 6.32. The Morgan fingerprint density at radius 2 is 1.41 bits per heavy atom. The first-order valence-corrected chi connectivity index (χ1v) is 14.4. The van der Waals surface area contributed by atoms with Gasteiger partial charge in [-0.15, -0.1) is 6.58 Å². The molecule has 0 aliphatic heterocycles. The third kappa shape index (κ3) is 7.41. The maximum absolute atomic E-state index is 15.0. The molecule has 0 saturated heterocycles. The van der Waals surface area contributed by atoms with Crippen molar-refractivity contribution in [2.24, 2.45) is 11.8 Å². The summed E-state index contributed by atoms with van der Waals surface area (Å²) in [6.45, 7) is 7.70. The molecule has 2 aliphatic rings. The summed E-state index contributed by atoms with van der Waals surface area (Å²) < 4.78 is 35.4. The molecule has 37 heavy (non-hydrogen) atoms. The van der Waals surface area contributed by atoms with E-state index >= 15 is 8.78 Å². The smallest absolute Gasteiger partial charge is 0.309 e. The normalized spacial score (nSPS) is 25.7. The summed E-state index contributed by atoms with van der Waals surface area (Å²) in [6, 6.07) is 15.0. The van der Waals surface area contributed by atoms with Crippen molar-refractivity contribution >= 4 is 0 Å². The second-order valence-electron chi connectivity index (χ2n) is 11.3. The fraction of sp³-hybridized carbons (Fsp3) is 0.529. The van der Waals surface area contributed by atoms with Crippen LogP contribution in [0.4, 0.5) is 8.78 Å². The molecular formula is C34H44F2O. The Balaban J connectivity index is 1.30. The van der Waals surface area contributed by atoms with Gasteiger partial charge in [-0.1, -0.05) is 66.8 Å². The molecule has 1 unspecified atom stereocenters. The van der Waals surface area contributed by atoms with E-state index < -0.39 is 12.2 Å². The zero-order chi connectivity index (χ0) is 26.3. The first-order chi connectivity index (χ1) is 17.9. The van der Waals surface area contributed by atoms with Gasteiger partial charge in [-0.05, 0) is 118 Å². The number of rotatable bonds is 10. The van der Waals surface area contributed by atoms with Crippen molar-refractivity contribution in [3.63, 3.8) is 0 Å². The van der Waals surface area contributed by atoms with Gasteiger partial charge in [0.05, 0.1) is 11.7 Å². The van der Waals surface area contributed by atoms with E-state index in [2.05, 4.69) is 37.8 Å². The summed E-state index contributed by atoms with van der Waals surface area (Å²) >= 11 is 0. The summed E-state index contributed by atoms with van der Waals surface area (Å²) in [7, 11) is 0. The van der Waals surface area contributed by atoms with Crippen LogP contribution in [0.2, 0.25) is 0 Å². The van der Waals surface area contributed by atoms with Crippen LogP contribution >= 0.6 is 0 Å². The number of ether oxygens (including phenoxy) is 1. The van der Waals surface area contributed by atoms with Crippen molar-refractivity contribution in [1.82, 2.24) is 0 Å². The third-order valence-corrected chi connectivity index (χ3v) is 8.85. The zero-order valence-corrected chi connectivity index (χ0v) is 22.7. The molecule has 1 atom stereocenters. The van der Waals surface area contributed by atoms with E-state index in [9.17, 15) is 0 Å². The van der Waals surface area contributed by atoms with Crippen molar-refractivity contribution in [1.29, 1.82) is 0 Å². The molecule has 2 fully saturated rings. The molecule has 1 nitrogen and oxygen atoms in total. The second-order valence-corrected chi connectivity index (χ2v) is 11.3. The van der Waals surface area contributed by atoms with Crippen LogP contribution in [-0.4, -0.2) is 0 Å². The standard InChI is InChI=1S/C34H44F2O/c1-4-6-7-8-27-11-15-30(16-12-27)31-19-17-28(18-20-31)25(3)37-34(35,36)33-23-21-32(22-24-33)29-13-9-26(5-2)10-14-29/h4-6,17-27,29-30H,2,7-16H2,1,3H3/b6-4+. The van der Waals surface area contributed by atoms with E-state index in [-0.39, 0.29) is 5.56 Å². The number of halogens is 2. The summed E-state index contributed by atoms with van der Waals surface area (Å²) in [4.78, 5) is 0. The SMILES string of the molecule is C=CC1CCC(c2ccc(C(F)(F)OC(C)c3ccc(C4CCC(CC/C=C/C)CC4)cc3)cc2)CC1. The maximum atomic E-state index is 15.0. The molecule has 0 N–H and O–H groups in total. The Morgan fingerprint density at radius 3 is 1.95 bits per heavy atom. The van der Waals surface area contributed by atoms with Gasteiger partial charge in [0.15, 0.2) is 0 Å². The van der Waals surface area contributed by atoms with E-state index in [1.807, 2.05) is 30.3 Å². The molecule has 200 valence electrons. The highest BCUT2D eigenvalue weighted by Gasteiger charge is 2.35. The van der Waals surface area contributed by atoms with Gasteiger partial charge in [0, 0.05) is 0 Å². The molecule has 0 aromatic heterocycles. The lowest BCUT2D eigenvalue weighted by Crippen LogP contribution is -2.20. The Kier molecular flexibility index (Phi) is 9.76. The van der Waals surface area contributed by atoms with Crippen LogP contribution in [0.15, 0.2) is 73.3 Å². The molecular weight excluding hydrogens is 462 g/mol. The molecule has 2 aromatic carbocycles. The van der Waals surface area contributed by atoms with Crippen molar-refractivity contribution in [3.05, 3.63) is 95.6 Å². The second kappa shape index (κ2) is 13.0. The molecule has 0 radical (unpaired) electrons. The highest BCUT2D eigenvalue weighted by Crippen LogP contribution is 2.40. The Hall–Kier alpha value is -2.26. The van der Waals surface area contributed by atoms with Crippen molar-refractivity contribution in [2.75, 3.05) is 0 Å². The van der Waals surface area contributed by atoms with E-state index in [4.69, 9.17) is 4.74 Å². The third-order valence-electron chi connectivity index (χ3n) is 8.85. The monoisotopic (exact) mass is 506 g/mol. The first-order valence-electron chi connectivity index (χ1n) is 14.4. The molecule has 0 spiro atoms. The Bertz CT molecular complexity index is 991. The van der Waals surface area contributed by atoms with Crippen LogP contribution in [0, 0.1) is 11.8 Å². The van der Waals surface area contributed by atoms with Crippen LogP contribution in [0.3, 0.4) is 0 Å². The Labute approximate surface area is 223 Å². The quantitative estimate of drug-likeness (QED) is 0.291. The number of hydrogen-bond donors (Lipinski definition) is 0. The summed E-state index contributed by atoms with van der Waals surface area (Å²) in [5, 5.41) is 0. The molecule has 3 heteroatoms. The van der Waals surface area contributed by atoms with Gasteiger partial charge < -0.3 is 4.74 Å². The summed E-state index contributed by atoms with van der Waals surface area (Å²) in [5.74, 6) is 2.46. The summed E-state index contributed by atoms with van der Waals surface area (Å²) in [6.07, 6.45) is 14.3. The average Bonchev–Trinajstić information content (AvgIpc) is 2.93. The van der Waals surface area contributed by atoms with Crippen molar-refractivity contribution < 1.29 is 13.5 Å². The minimum Gasteiger partial charge on any atom is -0.309 e. The van der Waals surface area contributed by atoms with Crippen molar-refractivity contribution in [2.45, 2.75) is 102 Å². The average molecular weight is 507 g/mol. The molecule has 0 amide bonds. The van der Waals surface area contributed by atoms with Gasteiger partial charge in [-0.2, -0.15) is 8.78 Å². The summed E-state index contributed by atoms with van der Waals surface area (Å²) in [5.41, 5.74) is 3.19. The van der Waals surface area contributed by atoms with Crippen LogP contribution in [0.25, 0.3) is 0 Å². The number of hydrogen-bond acceptors (Lipinski definition) is 1. The van der Waals surface area contributed by atoms with Crippen molar-refractivity contribution in [3.8, 4) is 0 Å². The maximum Gasteiger partial charge on any atom is 0.383 e. The number of benzene rings is 2. The molecule has 0 bridgehead atoms. The molecule has 2 aliphatic carbocycles. The predicted molar refractivity (Wildman–Crippen MR) is 150 cm³/mol. The lowest BCUT2D eigenvalue weighted by Gasteiger charge is -2.29. The van der Waals surface area contributed by atoms with Gasteiger partial charge in [-0.3, -0.25) is 0 Å². The largest absolute Gasteiger partial charge is 0.383 e. The predicted octanol–water partition coefficient (Wildman–Crippen LogP) is 10.6. The highest BCUT2D eigenvalue weighted by molar-refractivity contribution is 5.29.